The SMILES string of the molecule is COCC(C(O)OC)N(CC1CCN1)C(O)OCc1ccccc1. The summed E-state index contributed by atoms with van der Waals surface area (Å²) < 4.78 is 15.8. The van der Waals surface area contributed by atoms with E-state index in [2.05, 4.69) is 5.32 Å². The van der Waals surface area contributed by atoms with E-state index in [9.17, 15) is 10.2 Å². The second kappa shape index (κ2) is 10.0. The van der Waals surface area contributed by atoms with Crippen LogP contribution in [0.3, 0.4) is 0 Å². The Labute approximate surface area is 143 Å². The number of benzene rings is 1. The number of hydrogen-bond acceptors (Lipinski definition) is 7. The Balaban J connectivity index is 2.01. The third kappa shape index (κ3) is 5.49. The summed E-state index contributed by atoms with van der Waals surface area (Å²) in [5.41, 5.74) is 0.967. The molecule has 3 N–H and O–H groups in total. The normalized spacial score (nSPS) is 21.3. The molecular formula is C17H28N2O5. The third-order valence-corrected chi connectivity index (χ3v) is 4.22. The Bertz CT molecular complexity index is 458. The van der Waals surface area contributed by atoms with Crippen LogP contribution in [-0.2, 0) is 20.8 Å². The summed E-state index contributed by atoms with van der Waals surface area (Å²) in [4.78, 5) is 1.68. The van der Waals surface area contributed by atoms with Gasteiger partial charge in [0, 0.05) is 26.8 Å². The van der Waals surface area contributed by atoms with Crippen LogP contribution in [0.15, 0.2) is 30.3 Å². The Kier molecular flexibility index (Phi) is 8.07. The molecule has 0 bridgehead atoms. The van der Waals surface area contributed by atoms with Gasteiger partial charge < -0.3 is 29.7 Å². The average molecular weight is 340 g/mol. The van der Waals surface area contributed by atoms with Gasteiger partial charge in [-0.3, -0.25) is 0 Å². The quantitative estimate of drug-likeness (QED) is 0.494. The molecule has 7 nitrogen and oxygen atoms in total. The predicted molar refractivity (Wildman–Crippen MR) is 89.0 cm³/mol. The van der Waals surface area contributed by atoms with E-state index < -0.39 is 18.7 Å². The minimum Gasteiger partial charge on any atom is -0.383 e. The highest BCUT2D eigenvalue weighted by molar-refractivity contribution is 5.13. The summed E-state index contributed by atoms with van der Waals surface area (Å²) in [5.74, 6) is 0. The highest BCUT2D eigenvalue weighted by Gasteiger charge is 2.34. The molecular weight excluding hydrogens is 312 g/mol. The first kappa shape index (κ1) is 19.3. The monoisotopic (exact) mass is 340 g/mol. The molecule has 24 heavy (non-hydrogen) atoms. The summed E-state index contributed by atoms with van der Waals surface area (Å²) in [6.07, 6.45) is -1.23. The van der Waals surface area contributed by atoms with Gasteiger partial charge in [0.2, 0.25) is 6.41 Å². The van der Waals surface area contributed by atoms with E-state index in [0.717, 1.165) is 18.5 Å². The van der Waals surface area contributed by atoms with Crippen molar-refractivity contribution < 1.29 is 24.4 Å². The zero-order chi connectivity index (χ0) is 17.4. The first-order valence-corrected chi connectivity index (χ1v) is 8.18. The zero-order valence-corrected chi connectivity index (χ0v) is 14.3. The number of nitrogens with one attached hydrogen (secondary N) is 1. The molecule has 1 fully saturated rings. The number of aliphatic hydroxyl groups is 2. The molecule has 1 saturated heterocycles. The predicted octanol–water partition coefficient (Wildman–Crippen LogP) is 0.123. The van der Waals surface area contributed by atoms with Crippen LogP contribution in [0.25, 0.3) is 0 Å². The maximum atomic E-state index is 10.5. The summed E-state index contributed by atoms with van der Waals surface area (Å²) in [5, 5.41) is 23.9. The molecule has 4 unspecified atom stereocenters. The van der Waals surface area contributed by atoms with Crippen molar-refractivity contribution in [1.29, 1.82) is 0 Å². The Morgan fingerprint density at radius 1 is 1.25 bits per heavy atom. The van der Waals surface area contributed by atoms with Gasteiger partial charge in [-0.15, -0.1) is 0 Å². The van der Waals surface area contributed by atoms with Crippen molar-refractivity contribution in [3.63, 3.8) is 0 Å². The van der Waals surface area contributed by atoms with Gasteiger partial charge in [-0.1, -0.05) is 30.3 Å². The largest absolute Gasteiger partial charge is 0.383 e. The fourth-order valence-electron chi connectivity index (χ4n) is 2.66. The Morgan fingerprint density at radius 2 is 1.96 bits per heavy atom. The van der Waals surface area contributed by atoms with E-state index in [1.807, 2.05) is 30.3 Å². The van der Waals surface area contributed by atoms with E-state index >= 15 is 0 Å². The second-order valence-corrected chi connectivity index (χ2v) is 5.91. The number of hydrogen-bond donors (Lipinski definition) is 3. The van der Waals surface area contributed by atoms with Crippen molar-refractivity contribution in [2.24, 2.45) is 0 Å². The minimum absolute atomic E-state index is 0.216. The molecule has 0 amide bonds. The standard InChI is InChI=1S/C17H28N2O5/c1-22-12-15(16(20)23-2)19(10-14-8-9-18-14)17(21)24-11-13-6-4-3-5-7-13/h3-7,14-18,20-21H,8-12H2,1-2H3. The van der Waals surface area contributed by atoms with Gasteiger partial charge >= 0.3 is 0 Å². The van der Waals surface area contributed by atoms with Crippen LogP contribution in [0.2, 0.25) is 0 Å². The van der Waals surface area contributed by atoms with Gasteiger partial charge in [0.15, 0.2) is 6.29 Å². The van der Waals surface area contributed by atoms with Crippen LogP contribution in [-0.4, -0.2) is 73.8 Å². The molecule has 0 spiro atoms. The van der Waals surface area contributed by atoms with Crippen LogP contribution in [0.1, 0.15) is 12.0 Å². The van der Waals surface area contributed by atoms with Gasteiger partial charge in [-0.2, -0.15) is 0 Å². The maximum Gasteiger partial charge on any atom is 0.216 e. The highest BCUT2D eigenvalue weighted by Crippen LogP contribution is 2.16. The molecule has 4 atom stereocenters. The molecule has 0 aliphatic carbocycles. The van der Waals surface area contributed by atoms with E-state index in [4.69, 9.17) is 14.2 Å². The lowest BCUT2D eigenvalue weighted by atomic mass is 10.1. The molecule has 0 saturated carbocycles. The third-order valence-electron chi connectivity index (χ3n) is 4.22. The van der Waals surface area contributed by atoms with Crippen molar-refractivity contribution >= 4 is 0 Å². The Morgan fingerprint density at radius 3 is 2.50 bits per heavy atom. The number of methoxy groups -OCH3 is 2. The van der Waals surface area contributed by atoms with Gasteiger partial charge in [0.05, 0.1) is 19.3 Å². The van der Waals surface area contributed by atoms with Gasteiger partial charge in [0.25, 0.3) is 0 Å². The molecule has 136 valence electrons. The van der Waals surface area contributed by atoms with Crippen LogP contribution in [0.4, 0.5) is 0 Å². The zero-order valence-electron chi connectivity index (χ0n) is 14.3. The molecule has 0 aromatic heterocycles. The van der Waals surface area contributed by atoms with Crippen LogP contribution in [0.5, 0.6) is 0 Å². The first-order valence-electron chi connectivity index (χ1n) is 8.18. The number of ether oxygens (including phenoxy) is 3. The van der Waals surface area contributed by atoms with Crippen molar-refractivity contribution in [3.05, 3.63) is 35.9 Å². The second-order valence-electron chi connectivity index (χ2n) is 5.91. The topological polar surface area (TPSA) is 83.4 Å². The van der Waals surface area contributed by atoms with Crippen molar-refractivity contribution in [2.45, 2.75) is 37.8 Å². The van der Waals surface area contributed by atoms with E-state index in [0.29, 0.717) is 6.54 Å². The molecule has 1 aliphatic rings. The molecule has 7 heteroatoms. The lowest BCUT2D eigenvalue weighted by Gasteiger charge is -2.40. The molecule has 1 aromatic rings. The lowest BCUT2D eigenvalue weighted by molar-refractivity contribution is -0.249. The summed E-state index contributed by atoms with van der Waals surface area (Å²) in [6, 6.07) is 9.35. The summed E-state index contributed by atoms with van der Waals surface area (Å²) in [6.45, 7) is 1.98. The fourth-order valence-corrected chi connectivity index (χ4v) is 2.66. The minimum atomic E-state index is -1.17. The molecule has 0 radical (unpaired) electrons. The molecule has 1 heterocycles. The highest BCUT2D eigenvalue weighted by atomic mass is 16.6. The number of nitrogens with zero attached hydrogens (tertiary/aromatic N) is 1. The summed E-state index contributed by atoms with van der Waals surface area (Å²) >= 11 is 0. The van der Waals surface area contributed by atoms with Gasteiger partial charge in [-0.05, 0) is 18.5 Å². The van der Waals surface area contributed by atoms with Gasteiger partial charge in [-0.25, -0.2) is 4.90 Å². The van der Waals surface area contributed by atoms with Crippen LogP contribution < -0.4 is 5.32 Å². The smallest absolute Gasteiger partial charge is 0.216 e. The number of aliphatic hydroxyl groups excluding tert-OH is 2. The van der Waals surface area contributed by atoms with E-state index in [-0.39, 0.29) is 19.3 Å². The maximum absolute atomic E-state index is 10.5. The van der Waals surface area contributed by atoms with Crippen molar-refractivity contribution in [2.75, 3.05) is 33.9 Å². The van der Waals surface area contributed by atoms with Crippen LogP contribution >= 0.6 is 0 Å². The van der Waals surface area contributed by atoms with Crippen molar-refractivity contribution in [3.8, 4) is 0 Å². The average Bonchev–Trinajstić information content (AvgIpc) is 2.57. The summed E-state index contributed by atoms with van der Waals surface area (Å²) in [7, 11) is 2.97. The van der Waals surface area contributed by atoms with Crippen LogP contribution in [0, 0.1) is 0 Å². The van der Waals surface area contributed by atoms with E-state index in [1.165, 1.54) is 7.11 Å². The fraction of sp³-hybridized carbons (Fsp3) is 0.647. The molecule has 1 aliphatic heterocycles. The molecule has 1 aromatic carbocycles. The van der Waals surface area contributed by atoms with E-state index in [1.54, 1.807) is 12.0 Å². The first-order chi connectivity index (χ1) is 11.7. The Hall–Kier alpha value is -1.06. The van der Waals surface area contributed by atoms with Crippen molar-refractivity contribution in [1.82, 2.24) is 10.2 Å². The van der Waals surface area contributed by atoms with Gasteiger partial charge in [0.1, 0.15) is 0 Å². The number of rotatable bonds is 11. The molecule has 2 rings (SSSR count). The lowest BCUT2D eigenvalue weighted by Crippen LogP contribution is -2.59.